The van der Waals surface area contributed by atoms with Gasteiger partial charge in [0.05, 0.1) is 0 Å². The molecule has 0 spiro atoms. The third kappa shape index (κ3) is 5.40. The molecule has 0 unspecified atom stereocenters. The molecule has 7 heteroatoms. The summed E-state index contributed by atoms with van der Waals surface area (Å²) in [5.41, 5.74) is 4.54. The molecule has 3 rings (SSSR count). The number of hydrogen-bond acceptors (Lipinski definition) is 7. The first-order valence-electron chi connectivity index (χ1n) is 10.3. The predicted octanol–water partition coefficient (Wildman–Crippen LogP) is 2.78. The van der Waals surface area contributed by atoms with Crippen molar-refractivity contribution in [3.05, 3.63) is 23.7 Å². The van der Waals surface area contributed by atoms with E-state index in [1.807, 2.05) is 0 Å². The predicted molar refractivity (Wildman–Crippen MR) is 104 cm³/mol. The van der Waals surface area contributed by atoms with Crippen molar-refractivity contribution in [1.82, 2.24) is 0 Å². The van der Waals surface area contributed by atoms with Crippen molar-refractivity contribution in [2.24, 2.45) is 11.7 Å². The molecule has 2 fully saturated rings. The van der Waals surface area contributed by atoms with E-state index in [1.54, 1.807) is 12.1 Å². The zero-order valence-corrected chi connectivity index (χ0v) is 16.9. The third-order valence-corrected chi connectivity index (χ3v) is 5.75. The van der Waals surface area contributed by atoms with Gasteiger partial charge in [-0.25, -0.2) is 9.59 Å². The van der Waals surface area contributed by atoms with Crippen LogP contribution in [0.4, 0.5) is 0 Å². The standard InChI is InChI=1S/C22H29NO6/c1-21(23,22(26)28-19(24)20(25)29-22)15-14-18-13-12-17(27-18)11-7-3-6-10-16-8-4-2-5-9-16/h12-13,16,26H,2-6,8-10,14-15,23H2,1H3/t21-/m1/s1. The molecule has 7 nitrogen and oxygen atoms in total. The Hall–Kier alpha value is -2.30. The van der Waals surface area contributed by atoms with Gasteiger partial charge < -0.3 is 24.7 Å². The first-order valence-corrected chi connectivity index (χ1v) is 10.3. The fourth-order valence-electron chi connectivity index (χ4n) is 3.81. The lowest BCUT2D eigenvalue weighted by Gasteiger charge is -2.34. The second-order valence-electron chi connectivity index (χ2n) is 8.24. The summed E-state index contributed by atoms with van der Waals surface area (Å²) in [4.78, 5) is 22.4. The van der Waals surface area contributed by atoms with Gasteiger partial charge >= 0.3 is 17.9 Å². The number of aliphatic hydroxyl groups is 1. The van der Waals surface area contributed by atoms with Crippen LogP contribution in [0.2, 0.25) is 0 Å². The summed E-state index contributed by atoms with van der Waals surface area (Å²) in [6.07, 6.45) is 10.6. The maximum Gasteiger partial charge on any atom is 0.422 e. The number of aryl methyl sites for hydroxylation is 1. The monoisotopic (exact) mass is 403 g/mol. The minimum atomic E-state index is -2.48. The van der Waals surface area contributed by atoms with Gasteiger partial charge in [-0.1, -0.05) is 38.0 Å². The molecule has 3 N–H and O–H groups in total. The minimum absolute atomic E-state index is 0.159. The van der Waals surface area contributed by atoms with Crippen molar-refractivity contribution in [2.75, 3.05) is 0 Å². The number of esters is 2. The van der Waals surface area contributed by atoms with E-state index in [0.29, 0.717) is 17.9 Å². The lowest BCUT2D eigenvalue weighted by Crippen LogP contribution is -2.60. The number of hydrogen-bond donors (Lipinski definition) is 2. The molecule has 0 aromatic carbocycles. The van der Waals surface area contributed by atoms with Crippen LogP contribution in [-0.2, 0) is 25.5 Å². The quantitative estimate of drug-likeness (QED) is 0.312. The first-order chi connectivity index (χ1) is 13.8. The highest BCUT2D eigenvalue weighted by Gasteiger charge is 2.58. The van der Waals surface area contributed by atoms with E-state index < -0.39 is 23.5 Å². The number of carbonyl (C=O) groups is 2. The van der Waals surface area contributed by atoms with Crippen molar-refractivity contribution in [1.29, 1.82) is 0 Å². The second-order valence-corrected chi connectivity index (χ2v) is 8.24. The Balaban J connectivity index is 1.44. The normalized spacial score (nSPS) is 21.1. The van der Waals surface area contributed by atoms with E-state index in [1.165, 1.54) is 45.4 Å². The molecule has 29 heavy (non-hydrogen) atoms. The molecule has 0 radical (unpaired) electrons. The second kappa shape index (κ2) is 9.02. The Morgan fingerprint density at radius 3 is 2.59 bits per heavy atom. The van der Waals surface area contributed by atoms with Gasteiger partial charge in [0.1, 0.15) is 11.3 Å². The van der Waals surface area contributed by atoms with Crippen molar-refractivity contribution >= 4 is 11.9 Å². The molecule has 1 atom stereocenters. The highest BCUT2D eigenvalue weighted by molar-refractivity contribution is 6.31. The van der Waals surface area contributed by atoms with Crippen LogP contribution in [0.1, 0.15) is 76.2 Å². The Kier molecular flexibility index (Phi) is 6.66. The summed E-state index contributed by atoms with van der Waals surface area (Å²) in [5, 5.41) is 10.2. The smallest absolute Gasteiger partial charge is 0.422 e. The fraction of sp³-hybridized carbons (Fsp3) is 0.636. The molecule has 1 aliphatic heterocycles. The number of unbranched alkanes of at least 4 members (excludes halogenated alkanes) is 1. The van der Waals surface area contributed by atoms with Crippen molar-refractivity contribution < 1.29 is 28.6 Å². The Morgan fingerprint density at radius 2 is 1.90 bits per heavy atom. The van der Waals surface area contributed by atoms with Crippen LogP contribution in [0.15, 0.2) is 16.5 Å². The first kappa shape index (κ1) is 21.4. The van der Waals surface area contributed by atoms with Crippen LogP contribution in [0.5, 0.6) is 0 Å². The largest absolute Gasteiger partial charge is 0.453 e. The number of rotatable bonds is 7. The fourth-order valence-corrected chi connectivity index (χ4v) is 3.81. The number of cyclic esters (lactones) is 2. The van der Waals surface area contributed by atoms with E-state index in [9.17, 15) is 14.7 Å². The van der Waals surface area contributed by atoms with Gasteiger partial charge in [0.15, 0.2) is 5.76 Å². The van der Waals surface area contributed by atoms with E-state index >= 15 is 0 Å². The molecular weight excluding hydrogens is 374 g/mol. The number of carbonyl (C=O) groups excluding carboxylic acids is 2. The van der Waals surface area contributed by atoms with Crippen LogP contribution in [0.3, 0.4) is 0 Å². The van der Waals surface area contributed by atoms with E-state index in [0.717, 1.165) is 18.8 Å². The van der Waals surface area contributed by atoms with Gasteiger partial charge in [-0.2, -0.15) is 0 Å². The highest BCUT2D eigenvalue weighted by Crippen LogP contribution is 2.32. The van der Waals surface area contributed by atoms with Crippen molar-refractivity contribution in [2.45, 2.75) is 82.6 Å². The van der Waals surface area contributed by atoms with Crippen LogP contribution in [0.25, 0.3) is 0 Å². The summed E-state index contributed by atoms with van der Waals surface area (Å²) < 4.78 is 14.9. The molecular formula is C22H29NO6. The summed E-state index contributed by atoms with van der Waals surface area (Å²) in [6, 6.07) is 3.58. The van der Waals surface area contributed by atoms with E-state index in [4.69, 9.17) is 10.2 Å². The molecule has 1 saturated heterocycles. The third-order valence-electron chi connectivity index (χ3n) is 5.75. The van der Waals surface area contributed by atoms with E-state index in [2.05, 4.69) is 21.3 Å². The van der Waals surface area contributed by atoms with Gasteiger partial charge in [-0.15, -0.1) is 0 Å². The zero-order valence-electron chi connectivity index (χ0n) is 16.9. The molecule has 0 bridgehead atoms. The summed E-state index contributed by atoms with van der Waals surface area (Å²) >= 11 is 0. The Morgan fingerprint density at radius 1 is 1.21 bits per heavy atom. The molecule has 1 saturated carbocycles. The van der Waals surface area contributed by atoms with Gasteiger partial charge in [0.25, 0.3) is 0 Å². The highest BCUT2D eigenvalue weighted by atomic mass is 16.9. The number of nitrogens with two attached hydrogens (primary N) is 1. The average Bonchev–Trinajstić information content (AvgIpc) is 3.25. The zero-order chi connectivity index (χ0) is 20.9. The number of ether oxygens (including phenoxy) is 2. The molecule has 158 valence electrons. The van der Waals surface area contributed by atoms with Gasteiger partial charge in [-0.05, 0) is 50.2 Å². The van der Waals surface area contributed by atoms with Crippen molar-refractivity contribution in [3.63, 3.8) is 0 Å². The summed E-state index contributed by atoms with van der Waals surface area (Å²) in [7, 11) is 0. The average molecular weight is 403 g/mol. The van der Waals surface area contributed by atoms with Gasteiger partial charge in [0, 0.05) is 12.8 Å². The molecule has 2 aliphatic rings. The Labute approximate surface area is 170 Å². The number of furan rings is 1. The molecule has 1 aromatic rings. The topological polar surface area (TPSA) is 112 Å². The van der Waals surface area contributed by atoms with Gasteiger partial charge in [0.2, 0.25) is 0 Å². The van der Waals surface area contributed by atoms with Crippen LogP contribution < -0.4 is 5.73 Å². The molecule has 1 aliphatic carbocycles. The molecule has 0 amide bonds. The van der Waals surface area contributed by atoms with Crippen molar-refractivity contribution in [3.8, 4) is 11.8 Å². The maximum absolute atomic E-state index is 11.2. The lowest BCUT2D eigenvalue weighted by molar-refractivity contribution is -0.324. The van der Waals surface area contributed by atoms with Crippen LogP contribution in [-0.4, -0.2) is 28.6 Å². The summed E-state index contributed by atoms with van der Waals surface area (Å²) in [5.74, 6) is 3.29. The maximum atomic E-state index is 11.2. The molecule has 2 heterocycles. The van der Waals surface area contributed by atoms with Crippen LogP contribution >= 0.6 is 0 Å². The van der Waals surface area contributed by atoms with Crippen LogP contribution in [0, 0.1) is 17.8 Å². The minimum Gasteiger partial charge on any atom is -0.453 e. The lowest BCUT2D eigenvalue weighted by atomic mass is 9.86. The Bertz CT molecular complexity index is 778. The van der Waals surface area contributed by atoms with Gasteiger partial charge in [-0.3, -0.25) is 0 Å². The SMILES string of the molecule is C[C@@](N)(CCc1ccc(C#CCCCC2CCCCC2)o1)C1(O)OC(=O)C(=O)O1. The summed E-state index contributed by atoms with van der Waals surface area (Å²) in [6.45, 7) is 1.44. The van der Waals surface area contributed by atoms with E-state index in [-0.39, 0.29) is 6.42 Å². The molecule has 1 aromatic heterocycles.